The summed E-state index contributed by atoms with van der Waals surface area (Å²) in [6.45, 7) is -2.10. The van der Waals surface area contributed by atoms with Crippen LogP contribution in [-0.2, 0) is 16.1 Å². The van der Waals surface area contributed by atoms with Crippen LogP contribution in [0.1, 0.15) is 6.93 Å². The Balaban J connectivity index is 2.59. The molecule has 0 aliphatic heterocycles. The molecule has 18 heavy (non-hydrogen) atoms. The lowest BCUT2D eigenvalue weighted by Crippen LogP contribution is -2.40. The molecule has 0 saturated heterocycles. The van der Waals surface area contributed by atoms with Gasteiger partial charge in [0.2, 0.25) is 0 Å². The van der Waals surface area contributed by atoms with Crippen LogP contribution in [0.2, 0.25) is 0 Å². The predicted octanol–water partition coefficient (Wildman–Crippen LogP) is -0.268. The van der Waals surface area contributed by atoms with Crippen LogP contribution >= 0.6 is 0 Å². The van der Waals surface area contributed by atoms with Crippen molar-refractivity contribution in [2.75, 3.05) is 13.2 Å². The average molecular weight is 255 g/mol. The fourth-order valence-electron chi connectivity index (χ4n) is 1.49. The SMILES string of the molecule is [2H]C(O)[C@@H](C=O)[C@@H](O)[C@@H](CO)OCc1ccccc1. The number of ether oxygens (including phenoxy) is 1. The van der Waals surface area contributed by atoms with Gasteiger partial charge in [0.25, 0.3) is 0 Å². The molecule has 1 rings (SSSR count). The first-order valence-corrected chi connectivity index (χ1v) is 5.60. The maximum Gasteiger partial charge on any atom is 0.128 e. The molecule has 0 aromatic heterocycles. The van der Waals surface area contributed by atoms with Crippen molar-refractivity contribution in [3.8, 4) is 0 Å². The Bertz CT molecular complexity index is 371. The summed E-state index contributed by atoms with van der Waals surface area (Å²) < 4.78 is 12.4. The van der Waals surface area contributed by atoms with E-state index in [2.05, 4.69) is 0 Å². The molecule has 3 N–H and O–H groups in total. The van der Waals surface area contributed by atoms with Crippen LogP contribution < -0.4 is 0 Å². The molecular weight excluding hydrogens is 236 g/mol. The quantitative estimate of drug-likeness (QED) is 0.557. The first kappa shape index (κ1) is 13.2. The summed E-state index contributed by atoms with van der Waals surface area (Å²) in [6, 6.07) is 9.13. The van der Waals surface area contributed by atoms with E-state index in [0.717, 1.165) is 5.56 Å². The molecule has 100 valence electrons. The fourth-order valence-corrected chi connectivity index (χ4v) is 1.49. The number of aliphatic hydroxyl groups excluding tert-OH is 3. The highest BCUT2D eigenvalue weighted by atomic mass is 16.5. The summed E-state index contributed by atoms with van der Waals surface area (Å²) in [5.74, 6) is -1.31. The third kappa shape index (κ3) is 4.19. The Labute approximate surface area is 107 Å². The van der Waals surface area contributed by atoms with Crippen molar-refractivity contribution in [2.24, 2.45) is 5.92 Å². The van der Waals surface area contributed by atoms with Crippen molar-refractivity contribution in [3.63, 3.8) is 0 Å². The van der Waals surface area contributed by atoms with Gasteiger partial charge in [0.1, 0.15) is 12.4 Å². The average Bonchev–Trinajstić information content (AvgIpc) is 2.41. The van der Waals surface area contributed by atoms with Crippen molar-refractivity contribution >= 4 is 6.29 Å². The van der Waals surface area contributed by atoms with E-state index in [0.29, 0.717) is 0 Å². The lowest BCUT2D eigenvalue weighted by molar-refractivity contribution is -0.127. The molecule has 0 radical (unpaired) electrons. The van der Waals surface area contributed by atoms with Crippen molar-refractivity contribution in [1.82, 2.24) is 0 Å². The van der Waals surface area contributed by atoms with Crippen LogP contribution in [0.15, 0.2) is 30.3 Å². The van der Waals surface area contributed by atoms with Crippen LogP contribution in [0.25, 0.3) is 0 Å². The Kier molecular flexibility index (Phi) is 5.81. The molecule has 0 amide bonds. The molecule has 1 aromatic rings. The zero-order valence-electron chi connectivity index (χ0n) is 10.8. The normalized spacial score (nSPS) is 18.5. The predicted molar refractivity (Wildman–Crippen MR) is 64.8 cm³/mol. The molecule has 1 aromatic carbocycles. The Morgan fingerprint density at radius 1 is 1.33 bits per heavy atom. The second-order valence-electron chi connectivity index (χ2n) is 3.87. The van der Waals surface area contributed by atoms with Crippen LogP contribution in [0, 0.1) is 5.92 Å². The molecule has 0 fully saturated rings. The molecule has 4 atom stereocenters. The minimum absolute atomic E-state index is 0.156. The third-order valence-electron chi connectivity index (χ3n) is 2.59. The molecule has 0 heterocycles. The van der Waals surface area contributed by atoms with Crippen LogP contribution in [0.3, 0.4) is 0 Å². The molecule has 0 spiro atoms. The van der Waals surface area contributed by atoms with Crippen LogP contribution in [0.5, 0.6) is 0 Å². The summed E-state index contributed by atoms with van der Waals surface area (Å²) in [5.41, 5.74) is 0.849. The van der Waals surface area contributed by atoms with Gasteiger partial charge in [-0.1, -0.05) is 30.3 Å². The second-order valence-corrected chi connectivity index (χ2v) is 3.87. The van der Waals surface area contributed by atoms with Crippen molar-refractivity contribution < 1.29 is 26.2 Å². The summed E-state index contributed by atoms with van der Waals surface area (Å²) in [5, 5.41) is 28.0. The molecule has 0 aliphatic carbocycles. The van der Waals surface area contributed by atoms with Gasteiger partial charge in [-0.05, 0) is 5.56 Å². The summed E-state index contributed by atoms with van der Waals surface area (Å²) in [7, 11) is 0. The summed E-state index contributed by atoms with van der Waals surface area (Å²) in [6.07, 6.45) is -2.18. The first-order valence-electron chi connectivity index (χ1n) is 6.18. The lowest BCUT2D eigenvalue weighted by Gasteiger charge is -2.24. The number of aliphatic hydroxyl groups is 3. The highest BCUT2D eigenvalue weighted by Gasteiger charge is 2.27. The Morgan fingerprint density at radius 3 is 2.50 bits per heavy atom. The maximum absolute atomic E-state index is 10.7. The summed E-state index contributed by atoms with van der Waals surface area (Å²) >= 11 is 0. The highest BCUT2D eigenvalue weighted by Crippen LogP contribution is 2.11. The molecule has 5 nitrogen and oxygen atoms in total. The minimum atomic E-state index is -1.75. The molecule has 1 unspecified atom stereocenters. The number of aldehydes is 1. The van der Waals surface area contributed by atoms with Gasteiger partial charge in [-0.15, -0.1) is 0 Å². The highest BCUT2D eigenvalue weighted by molar-refractivity contribution is 5.54. The third-order valence-corrected chi connectivity index (χ3v) is 2.59. The van der Waals surface area contributed by atoms with Gasteiger partial charge in [-0.25, -0.2) is 0 Å². The van der Waals surface area contributed by atoms with Gasteiger partial charge in [0.15, 0.2) is 0 Å². The number of hydrogen-bond acceptors (Lipinski definition) is 5. The maximum atomic E-state index is 10.7. The van der Waals surface area contributed by atoms with Gasteiger partial charge in [-0.3, -0.25) is 0 Å². The second kappa shape index (κ2) is 7.94. The van der Waals surface area contributed by atoms with E-state index in [-0.39, 0.29) is 12.9 Å². The topological polar surface area (TPSA) is 87.0 Å². The number of benzene rings is 1. The van der Waals surface area contributed by atoms with E-state index in [9.17, 15) is 9.90 Å². The zero-order chi connectivity index (χ0) is 14.3. The number of hydrogen-bond donors (Lipinski definition) is 3. The van der Waals surface area contributed by atoms with E-state index in [1.165, 1.54) is 0 Å². The smallest absolute Gasteiger partial charge is 0.128 e. The van der Waals surface area contributed by atoms with Crippen LogP contribution in [-0.4, -0.2) is 47.0 Å². The lowest BCUT2D eigenvalue weighted by atomic mass is 10.0. The summed E-state index contributed by atoms with van der Waals surface area (Å²) in [4.78, 5) is 10.7. The van der Waals surface area contributed by atoms with Gasteiger partial charge in [0.05, 0.1) is 33.2 Å². The van der Waals surface area contributed by atoms with E-state index in [1.807, 2.05) is 30.3 Å². The van der Waals surface area contributed by atoms with E-state index in [4.69, 9.17) is 16.3 Å². The van der Waals surface area contributed by atoms with Gasteiger partial charge in [0, 0.05) is 0 Å². The first-order chi connectivity index (χ1) is 9.10. The monoisotopic (exact) mass is 255 g/mol. The van der Waals surface area contributed by atoms with Crippen molar-refractivity contribution in [3.05, 3.63) is 35.9 Å². The number of rotatable bonds is 8. The van der Waals surface area contributed by atoms with E-state index < -0.39 is 31.3 Å². The molecule has 5 heteroatoms. The Morgan fingerprint density at radius 2 is 2.00 bits per heavy atom. The number of carbonyl (C=O) groups is 1. The fraction of sp³-hybridized carbons (Fsp3) is 0.462. The van der Waals surface area contributed by atoms with E-state index in [1.54, 1.807) is 0 Å². The standard InChI is InChI=1S/C13H18O5/c14-6-11(7-15)13(17)12(8-16)18-9-10-4-2-1-3-5-10/h1-6,11-13,15-17H,7-9H2/t11-,12-,13-/m1/s1/i7D/t7?,11-,12-,13-. The number of carbonyl (C=O) groups excluding carboxylic acids is 1. The zero-order valence-corrected chi connectivity index (χ0v) is 9.85. The van der Waals surface area contributed by atoms with Gasteiger partial charge >= 0.3 is 0 Å². The molecule has 0 aliphatic rings. The molecule has 0 saturated carbocycles. The molecule has 0 bridgehead atoms. The van der Waals surface area contributed by atoms with E-state index >= 15 is 0 Å². The largest absolute Gasteiger partial charge is 0.396 e. The van der Waals surface area contributed by atoms with Gasteiger partial charge in [-0.2, -0.15) is 0 Å². The van der Waals surface area contributed by atoms with Crippen molar-refractivity contribution in [1.29, 1.82) is 0 Å². The Hall–Kier alpha value is -1.27. The van der Waals surface area contributed by atoms with Crippen LogP contribution in [0.4, 0.5) is 0 Å². The minimum Gasteiger partial charge on any atom is -0.396 e. The van der Waals surface area contributed by atoms with Gasteiger partial charge < -0.3 is 24.9 Å². The molecular formula is C13H18O5. The van der Waals surface area contributed by atoms with Crippen molar-refractivity contribution in [2.45, 2.75) is 18.8 Å².